The smallest absolute Gasteiger partial charge is 0.341 e. The van der Waals surface area contributed by atoms with Gasteiger partial charge in [0.25, 0.3) is 5.91 Å². The summed E-state index contributed by atoms with van der Waals surface area (Å²) in [6.45, 7) is 0.673. The fourth-order valence-electron chi connectivity index (χ4n) is 3.06. The number of alkyl halides is 3. The van der Waals surface area contributed by atoms with Gasteiger partial charge in [0.15, 0.2) is 0 Å². The molecule has 0 spiro atoms. The molecule has 2 aromatic carbocycles. The topological polar surface area (TPSA) is 66.5 Å². The first-order valence-electron chi connectivity index (χ1n) is 9.33. The van der Waals surface area contributed by atoms with Gasteiger partial charge in [0.1, 0.15) is 4.90 Å². The van der Waals surface area contributed by atoms with E-state index in [1.165, 1.54) is 34.6 Å². The molecule has 5 nitrogen and oxygen atoms in total. The van der Waals surface area contributed by atoms with Gasteiger partial charge in [-0.05, 0) is 49.2 Å². The summed E-state index contributed by atoms with van der Waals surface area (Å²) in [6, 6.07) is 8.49. The summed E-state index contributed by atoms with van der Waals surface area (Å²) >= 11 is 6.06. The molecule has 1 fully saturated rings. The predicted octanol–water partition coefficient (Wildman–Crippen LogP) is 3.92. The summed E-state index contributed by atoms with van der Waals surface area (Å²) in [5.41, 5.74) is -0.561. The van der Waals surface area contributed by atoms with Crippen molar-refractivity contribution >= 4 is 27.5 Å². The second-order valence-electron chi connectivity index (χ2n) is 6.82. The number of halogens is 4. The Balaban J connectivity index is 1.69. The van der Waals surface area contributed by atoms with Crippen molar-refractivity contribution in [2.75, 3.05) is 19.6 Å². The van der Waals surface area contributed by atoms with Gasteiger partial charge in [-0.3, -0.25) is 4.79 Å². The molecule has 1 aliphatic heterocycles. The average Bonchev–Trinajstić information content (AvgIpc) is 3.27. The third-order valence-electron chi connectivity index (χ3n) is 4.64. The Hall–Kier alpha value is -2.54. The lowest BCUT2D eigenvalue weighted by Gasteiger charge is -2.17. The number of sulfonamides is 1. The molecular weight excluding hydrogens is 453 g/mol. The molecule has 0 aromatic heterocycles. The van der Waals surface area contributed by atoms with E-state index in [0.717, 1.165) is 25.0 Å². The quantitative estimate of drug-likeness (QED) is 0.689. The van der Waals surface area contributed by atoms with Crippen LogP contribution in [0.25, 0.3) is 0 Å². The summed E-state index contributed by atoms with van der Waals surface area (Å²) in [7, 11) is -3.80. The molecule has 1 heterocycles. The van der Waals surface area contributed by atoms with Crippen LogP contribution in [0.4, 0.5) is 13.2 Å². The van der Waals surface area contributed by atoms with Gasteiger partial charge in [-0.1, -0.05) is 29.5 Å². The molecule has 10 heteroatoms. The van der Waals surface area contributed by atoms with E-state index in [-0.39, 0.29) is 27.6 Å². The molecule has 0 bridgehead atoms. The van der Waals surface area contributed by atoms with E-state index < -0.39 is 27.7 Å². The third-order valence-corrected chi connectivity index (χ3v) is 7.02. The molecule has 3 rings (SSSR count). The van der Waals surface area contributed by atoms with Gasteiger partial charge in [0.2, 0.25) is 10.0 Å². The van der Waals surface area contributed by atoms with Gasteiger partial charge in [-0.15, -0.1) is 0 Å². The fourth-order valence-corrected chi connectivity index (χ4v) is 5.07. The zero-order chi connectivity index (χ0) is 22.6. The van der Waals surface area contributed by atoms with Gasteiger partial charge in [-0.2, -0.15) is 17.5 Å². The van der Waals surface area contributed by atoms with Gasteiger partial charge in [0.05, 0.1) is 17.1 Å². The highest BCUT2D eigenvalue weighted by Gasteiger charge is 2.31. The Bertz CT molecular complexity index is 1150. The van der Waals surface area contributed by atoms with Gasteiger partial charge >= 0.3 is 6.18 Å². The monoisotopic (exact) mass is 470 g/mol. The summed E-state index contributed by atoms with van der Waals surface area (Å²) in [6.07, 6.45) is -2.93. The fraction of sp³-hybridized carbons (Fsp3) is 0.286. The van der Waals surface area contributed by atoms with Crippen molar-refractivity contribution in [1.29, 1.82) is 0 Å². The minimum absolute atomic E-state index is 0.0211. The zero-order valence-corrected chi connectivity index (χ0v) is 17.7. The Kier molecular flexibility index (Phi) is 6.94. The Morgan fingerprint density at radius 2 is 1.84 bits per heavy atom. The lowest BCUT2D eigenvalue weighted by molar-refractivity contribution is -0.137. The molecule has 1 aliphatic rings. The van der Waals surface area contributed by atoms with E-state index in [9.17, 15) is 26.4 Å². The molecule has 1 amide bonds. The van der Waals surface area contributed by atoms with Crippen LogP contribution in [0.2, 0.25) is 5.02 Å². The summed E-state index contributed by atoms with van der Waals surface area (Å²) < 4.78 is 65.0. The van der Waals surface area contributed by atoms with E-state index in [1.54, 1.807) is 0 Å². The van der Waals surface area contributed by atoms with E-state index in [4.69, 9.17) is 11.6 Å². The van der Waals surface area contributed by atoms with Crippen LogP contribution in [0.15, 0.2) is 47.4 Å². The van der Waals surface area contributed by atoms with Crippen LogP contribution in [-0.2, 0) is 16.2 Å². The highest BCUT2D eigenvalue weighted by Crippen LogP contribution is 2.29. The second kappa shape index (κ2) is 9.30. The molecule has 0 saturated carbocycles. The molecule has 0 atom stereocenters. The highest BCUT2D eigenvalue weighted by molar-refractivity contribution is 7.89. The highest BCUT2D eigenvalue weighted by atomic mass is 35.5. The normalized spacial score (nSPS) is 14.7. The van der Waals surface area contributed by atoms with E-state index in [0.29, 0.717) is 13.1 Å². The van der Waals surface area contributed by atoms with Crippen LogP contribution >= 0.6 is 11.6 Å². The molecule has 31 heavy (non-hydrogen) atoms. The van der Waals surface area contributed by atoms with Crippen LogP contribution in [0, 0.1) is 11.8 Å². The van der Waals surface area contributed by atoms with Gasteiger partial charge in [0, 0.05) is 24.2 Å². The molecule has 0 unspecified atom stereocenters. The van der Waals surface area contributed by atoms with Crippen LogP contribution in [0.3, 0.4) is 0 Å². The van der Waals surface area contributed by atoms with Crippen molar-refractivity contribution in [2.45, 2.75) is 23.9 Å². The molecule has 1 N–H and O–H groups in total. The molecule has 164 valence electrons. The number of benzene rings is 2. The number of hydrogen-bond acceptors (Lipinski definition) is 3. The first-order valence-corrected chi connectivity index (χ1v) is 11.1. The maximum Gasteiger partial charge on any atom is 0.416 e. The van der Waals surface area contributed by atoms with Crippen molar-refractivity contribution in [3.05, 3.63) is 64.2 Å². The van der Waals surface area contributed by atoms with Crippen molar-refractivity contribution in [3.63, 3.8) is 0 Å². The Labute approximate surface area is 183 Å². The number of hydrogen-bond donors (Lipinski definition) is 1. The Morgan fingerprint density at radius 1 is 1.13 bits per heavy atom. The molecule has 0 radical (unpaired) electrons. The number of rotatable bonds is 4. The number of nitrogens with zero attached hydrogens (tertiary/aromatic N) is 1. The van der Waals surface area contributed by atoms with Crippen LogP contribution < -0.4 is 5.32 Å². The summed E-state index contributed by atoms with van der Waals surface area (Å²) in [5.74, 6) is 4.56. The first-order chi connectivity index (χ1) is 14.6. The minimum Gasteiger partial charge on any atom is -0.341 e. The third kappa shape index (κ3) is 5.58. The number of amides is 1. The zero-order valence-electron chi connectivity index (χ0n) is 16.2. The largest absolute Gasteiger partial charge is 0.416 e. The van der Waals surface area contributed by atoms with Crippen LogP contribution in [-0.4, -0.2) is 38.3 Å². The van der Waals surface area contributed by atoms with Crippen molar-refractivity contribution in [1.82, 2.24) is 9.62 Å². The average molecular weight is 471 g/mol. The SMILES string of the molecule is O=C(NCC#Cc1cccc(C(F)(F)F)c1)c1ccc(Cl)c(S(=O)(=O)N2CCCC2)c1. The van der Waals surface area contributed by atoms with Crippen molar-refractivity contribution < 1.29 is 26.4 Å². The summed E-state index contributed by atoms with van der Waals surface area (Å²) in [5, 5.41) is 2.52. The van der Waals surface area contributed by atoms with E-state index in [2.05, 4.69) is 17.2 Å². The number of carbonyl (C=O) groups excluding carboxylic acids is 1. The van der Waals surface area contributed by atoms with Crippen LogP contribution in [0.1, 0.15) is 34.3 Å². The van der Waals surface area contributed by atoms with E-state index >= 15 is 0 Å². The number of nitrogens with one attached hydrogen (secondary N) is 1. The van der Waals surface area contributed by atoms with Gasteiger partial charge in [-0.25, -0.2) is 8.42 Å². The van der Waals surface area contributed by atoms with Gasteiger partial charge < -0.3 is 5.32 Å². The van der Waals surface area contributed by atoms with E-state index in [1.807, 2.05) is 0 Å². The maximum absolute atomic E-state index is 12.8. The Morgan fingerprint density at radius 3 is 2.52 bits per heavy atom. The number of carbonyl (C=O) groups is 1. The van der Waals surface area contributed by atoms with Crippen LogP contribution in [0.5, 0.6) is 0 Å². The molecule has 0 aliphatic carbocycles. The molecular formula is C21H18ClF3N2O3S. The predicted molar refractivity (Wildman–Crippen MR) is 110 cm³/mol. The second-order valence-corrected chi connectivity index (χ2v) is 9.13. The van der Waals surface area contributed by atoms with Crippen molar-refractivity contribution in [2.24, 2.45) is 0 Å². The molecule has 2 aromatic rings. The van der Waals surface area contributed by atoms with Crippen molar-refractivity contribution in [3.8, 4) is 11.8 Å². The minimum atomic E-state index is -4.46. The summed E-state index contributed by atoms with van der Waals surface area (Å²) in [4.78, 5) is 12.2. The molecule has 1 saturated heterocycles. The standard InChI is InChI=1S/C21H18ClF3N2O3S/c22-18-9-8-16(14-19(18)31(29,30)27-11-1-2-12-27)20(28)26-10-4-6-15-5-3-7-17(13-15)21(23,24)25/h3,5,7-9,13-14H,1-2,10-12H2,(H,26,28). The maximum atomic E-state index is 12.8. The lowest BCUT2D eigenvalue weighted by atomic mass is 10.1. The lowest BCUT2D eigenvalue weighted by Crippen LogP contribution is -2.29. The first kappa shape index (κ1) is 23.1.